The van der Waals surface area contributed by atoms with Crippen LogP contribution in [-0.2, 0) is 145 Å². The Morgan fingerprint density at radius 3 is 0.494 bits per heavy atom. The highest BCUT2D eigenvalue weighted by atomic mass is 31.2. The summed E-state index contributed by atoms with van der Waals surface area (Å²) < 4.78 is 257. The molecule has 14 atom stereocenters. The molecular formula is C28H55F3O45P11-11. The van der Waals surface area contributed by atoms with Crippen LogP contribution in [0, 0.1) is 17.8 Å². The molecule has 0 aliphatic heterocycles. The van der Waals surface area contributed by atoms with Crippen molar-refractivity contribution in [3.05, 3.63) is 0 Å². The van der Waals surface area contributed by atoms with Crippen LogP contribution in [0.4, 0.5) is 13.2 Å². The Bertz CT molecular complexity index is 2490. The molecule has 59 heteroatoms. The van der Waals surface area contributed by atoms with Crippen LogP contribution in [0.1, 0.15) is 0 Å². The molecule has 0 aromatic rings. The molecule has 2 N–H and O–H groups in total. The Morgan fingerprint density at radius 1 is 0.241 bits per heavy atom. The molecule has 0 aliphatic rings. The van der Waals surface area contributed by atoms with E-state index < -0.39 is 269 Å². The maximum Gasteiger partial charge on any atom is 0.268 e. The Morgan fingerprint density at radius 2 is 0.368 bits per heavy atom. The van der Waals surface area contributed by atoms with Crippen molar-refractivity contribution in [2.75, 3.05) is 165 Å². The van der Waals surface area contributed by atoms with Gasteiger partial charge in [-0.1, -0.05) is 0 Å². The molecule has 0 heterocycles. The molecule has 14 unspecified atom stereocenters. The number of hydrogen-bond acceptors (Lipinski definition) is 44. The third-order valence-corrected chi connectivity index (χ3v) is 18.2. The van der Waals surface area contributed by atoms with E-state index in [-0.39, 0.29) is 0 Å². The van der Waals surface area contributed by atoms with E-state index in [0.29, 0.717) is 0 Å². The van der Waals surface area contributed by atoms with Crippen LogP contribution in [0.2, 0.25) is 0 Å². The van der Waals surface area contributed by atoms with Gasteiger partial charge < -0.3 is 159 Å². The third-order valence-electron chi connectivity index (χ3n) is 7.92. The number of phosphoric acid groups is 11. The molecule has 0 amide bonds. The van der Waals surface area contributed by atoms with Gasteiger partial charge in [-0.15, -0.1) is 0 Å². The lowest BCUT2D eigenvalue weighted by atomic mass is 10.2. The summed E-state index contributed by atoms with van der Waals surface area (Å²) in [5.41, 5.74) is 0. The highest BCUT2D eigenvalue weighted by Crippen LogP contribution is 2.47. The number of rotatable bonds is 59. The van der Waals surface area contributed by atoms with Gasteiger partial charge >= 0.3 is 0 Å². The molecule has 524 valence electrons. The van der Waals surface area contributed by atoms with Crippen molar-refractivity contribution in [3.8, 4) is 0 Å². The molecule has 45 nitrogen and oxygen atoms in total. The van der Waals surface area contributed by atoms with Crippen molar-refractivity contribution >= 4 is 86.0 Å². The fraction of sp³-hybridized carbons (Fsp3) is 1.00. The number of aliphatic hydroxyl groups excluding tert-OH is 1. The minimum Gasteiger partial charge on any atom is -0.756 e. The summed E-state index contributed by atoms with van der Waals surface area (Å²) >= 11 is 0. The lowest BCUT2D eigenvalue weighted by Gasteiger charge is -2.28. The quantitative estimate of drug-likeness (QED) is 0.0426. The first-order valence-electron chi connectivity index (χ1n) is 22.9. The van der Waals surface area contributed by atoms with Crippen LogP contribution in [-0.4, -0.2) is 175 Å². The Hall–Kier alpha value is 0.960. The lowest BCUT2D eigenvalue weighted by molar-refractivity contribution is -0.239. The van der Waals surface area contributed by atoms with Crippen molar-refractivity contribution in [2.24, 2.45) is 17.8 Å². The Kier molecular flexibility index (Phi) is 43.7. The summed E-state index contributed by atoms with van der Waals surface area (Å²) in [5.74, 6) is -4.31. The van der Waals surface area contributed by atoms with Crippen LogP contribution >= 0.6 is 86.0 Å². The zero-order valence-corrected chi connectivity index (χ0v) is 53.8. The van der Waals surface area contributed by atoms with Crippen LogP contribution < -0.4 is 53.8 Å². The van der Waals surface area contributed by atoms with Gasteiger partial charge in [-0.25, -0.2) is 0 Å². The summed E-state index contributed by atoms with van der Waals surface area (Å²) in [6.07, 6.45) is 0. The van der Waals surface area contributed by atoms with E-state index in [2.05, 4.69) is 95.0 Å². The number of phosphoric ester groups is 11. The second-order valence-corrected chi connectivity index (χ2v) is 30.3. The van der Waals surface area contributed by atoms with E-state index in [1.165, 1.54) is 0 Å². The molecule has 0 aliphatic carbocycles. The summed E-state index contributed by atoms with van der Waals surface area (Å²) in [6.45, 7) is -26.9. The van der Waals surface area contributed by atoms with Gasteiger partial charge in [0.1, 0.15) is 0 Å². The molecule has 87 heavy (non-hydrogen) atoms. The maximum atomic E-state index is 13.4. The van der Waals surface area contributed by atoms with Gasteiger partial charge in [0, 0.05) is 17.8 Å². The minimum absolute atomic E-state index is 0.754. The highest BCUT2D eigenvalue weighted by molar-refractivity contribution is 7.48. The number of hydrogen-bond donors (Lipinski definition) is 2. The van der Waals surface area contributed by atoms with Crippen LogP contribution in [0.3, 0.4) is 0 Å². The van der Waals surface area contributed by atoms with E-state index in [1.807, 2.05) is 0 Å². The zero-order valence-electron chi connectivity index (χ0n) is 43.9. The van der Waals surface area contributed by atoms with Crippen LogP contribution in [0.25, 0.3) is 0 Å². The largest absolute Gasteiger partial charge is 0.756 e. The molecule has 0 radical (unpaired) electrons. The van der Waals surface area contributed by atoms with E-state index >= 15 is 0 Å². The number of aliphatic hydroxyl groups is 1. The topological polar surface area (TPSA) is 676 Å². The van der Waals surface area contributed by atoms with Crippen molar-refractivity contribution in [3.63, 3.8) is 0 Å². The molecule has 0 bridgehead atoms. The first-order chi connectivity index (χ1) is 39.9. The average Bonchev–Trinajstić information content (AvgIpc) is 3.52. The van der Waals surface area contributed by atoms with E-state index in [9.17, 15) is 117 Å². The standard InChI is InChI=1S/C28H66F3O45P11/c29-17-26(20-32)21-73-84(48,49)68-15-16-71-87(54,55)76-25-28(19-31)24-75-86(52,53)70-14-12-67-83(46,47)65-10-8-63-81(42,43)61-6-4-59-79(38,39)57-2-1-56-78(36,37)58-3-5-60-80(40,41)62-7-9-64-82(44,45)66-11-13-69-85(50,51)74-23-27(18-30)22-72-77(33,34)35/h26-28,32H,1-25H2,(H,36,37)(H,38,39)(H,40,41)(H,42,43)(H,44,45)(H,46,47)(H,48,49)(H,50,51)(H,52,53)(H,54,55)(H2,33,34,35)/p-11. The predicted octanol–water partition coefficient (Wildman–Crippen LogP) is -4.77. The van der Waals surface area contributed by atoms with Gasteiger partial charge in [0.15, 0.2) is 0 Å². The summed E-state index contributed by atoms with van der Waals surface area (Å²) in [7, 11) is -58.2. The minimum atomic E-state index is -5.38. The summed E-state index contributed by atoms with van der Waals surface area (Å²) in [5, 5.41) is 8.82. The van der Waals surface area contributed by atoms with Gasteiger partial charge in [0.25, 0.3) is 86.0 Å². The van der Waals surface area contributed by atoms with Crippen LogP contribution in [0.15, 0.2) is 0 Å². The monoisotopic (exact) mass is 1510 g/mol. The fourth-order valence-electron chi connectivity index (χ4n) is 4.16. The normalized spacial score (nSPS) is 21.1. The third kappa shape index (κ3) is 51.0. The summed E-state index contributed by atoms with van der Waals surface area (Å²) in [6, 6.07) is 0. The predicted molar refractivity (Wildman–Crippen MR) is 246 cm³/mol. The first-order valence-corrected chi connectivity index (χ1v) is 39.0. The second kappa shape index (κ2) is 43.2. The Labute approximate surface area is 490 Å². The SMILES string of the molecule is O=P([O-])(O)OCC(CF)COP(=O)([O-])OCCOP(=O)([O-])OCCOP(=O)([O-])OCCOP(=O)([O-])OCCOP(=O)([O-])OCCOP(=O)([O-])OCCOP(=O)([O-])OCCOP(=O)([O-])OCC(CF)COP(=O)([O-])OCCOP(=O)([O-])OCC(CO)CF. The summed E-state index contributed by atoms with van der Waals surface area (Å²) in [4.78, 5) is 137. The van der Waals surface area contributed by atoms with Crippen molar-refractivity contribution in [1.82, 2.24) is 0 Å². The van der Waals surface area contributed by atoms with Crippen molar-refractivity contribution in [1.29, 1.82) is 0 Å². The van der Waals surface area contributed by atoms with Gasteiger partial charge in [0.2, 0.25) is 0 Å². The maximum absolute atomic E-state index is 13.4. The zero-order chi connectivity index (χ0) is 66.8. The fourth-order valence-corrected chi connectivity index (χ4v) is 11.7. The molecule has 0 aromatic heterocycles. The van der Waals surface area contributed by atoms with Gasteiger partial charge in [-0.05, 0) is 0 Å². The Balaban J connectivity index is 4.35. The smallest absolute Gasteiger partial charge is 0.268 e. The van der Waals surface area contributed by atoms with Gasteiger partial charge in [0.05, 0.1) is 165 Å². The lowest BCUT2D eigenvalue weighted by Crippen LogP contribution is -2.23. The molecule has 0 fully saturated rings. The molecule has 0 aromatic carbocycles. The van der Waals surface area contributed by atoms with Crippen molar-refractivity contribution in [2.45, 2.75) is 0 Å². The average molecular weight is 1510 g/mol. The molecule has 0 rings (SSSR count). The molecule has 0 saturated heterocycles. The van der Waals surface area contributed by atoms with Crippen LogP contribution in [0.5, 0.6) is 0 Å². The molecular weight excluding hydrogens is 1450 g/mol. The molecule has 0 saturated carbocycles. The van der Waals surface area contributed by atoms with Gasteiger partial charge in [-0.2, -0.15) is 0 Å². The molecule has 0 spiro atoms. The van der Waals surface area contributed by atoms with Crippen molar-refractivity contribution < 1.29 is 222 Å². The first kappa shape index (κ1) is 88.0. The number of halogens is 3. The highest BCUT2D eigenvalue weighted by Gasteiger charge is 2.23. The number of alkyl halides is 3. The van der Waals surface area contributed by atoms with E-state index in [1.54, 1.807) is 0 Å². The van der Waals surface area contributed by atoms with E-state index in [4.69, 9.17) is 10.00 Å². The van der Waals surface area contributed by atoms with Gasteiger partial charge in [-0.3, -0.25) is 63.4 Å². The second-order valence-electron chi connectivity index (χ2n) is 15.0. The van der Waals surface area contributed by atoms with E-state index in [0.717, 1.165) is 0 Å².